The van der Waals surface area contributed by atoms with Crippen LogP contribution in [0, 0.1) is 0 Å². The summed E-state index contributed by atoms with van der Waals surface area (Å²) in [5, 5.41) is 0. The van der Waals surface area contributed by atoms with Crippen LogP contribution in [-0.4, -0.2) is 6.69 Å². The normalized spacial score (nSPS) is 27.8. The van der Waals surface area contributed by atoms with Gasteiger partial charge in [0, 0.05) is 0 Å². The molecule has 0 N–H and O–H groups in total. The predicted octanol–water partition coefficient (Wildman–Crippen LogP) is 4.01. The fourth-order valence-electron chi connectivity index (χ4n) is 1.92. The van der Waals surface area contributed by atoms with Crippen LogP contribution in [-0.2, 0) is 0 Å². The molecule has 2 saturated carbocycles. The lowest BCUT2D eigenvalue weighted by Crippen LogP contribution is -2.39. The average molecular weight is 209 g/mol. The van der Waals surface area contributed by atoms with E-state index in [-0.39, 0.29) is 0 Å². The summed E-state index contributed by atoms with van der Waals surface area (Å²) in [7, 11) is 0. The predicted molar refractivity (Wildman–Crippen MR) is 52.7 cm³/mol. The Morgan fingerprint density at radius 2 is 1.18 bits per heavy atom. The van der Waals surface area contributed by atoms with Crippen LogP contribution in [0.5, 0.6) is 0 Å². The minimum Gasteiger partial charge on any atom is -0.145 e. The molecule has 0 unspecified atom stereocenters. The topological polar surface area (TPSA) is 0 Å². The molecule has 2 aliphatic carbocycles. The van der Waals surface area contributed by atoms with E-state index in [0.717, 1.165) is 11.1 Å². The van der Waals surface area contributed by atoms with Crippen LogP contribution in [0.4, 0.5) is 0 Å². The average Bonchev–Trinajstić information content (AvgIpc) is 1.46. The van der Waals surface area contributed by atoms with Gasteiger partial charge in [-0.05, 0) is 11.1 Å². The fourth-order valence-corrected chi connectivity index (χ4v) is 7.56. The minimum atomic E-state index is -1.79. The van der Waals surface area contributed by atoms with Crippen molar-refractivity contribution in [2.24, 2.45) is 0 Å². The van der Waals surface area contributed by atoms with Crippen molar-refractivity contribution < 1.29 is 0 Å². The van der Waals surface area contributed by atoms with E-state index in [1.54, 1.807) is 0 Å². The lowest BCUT2D eigenvalue weighted by Gasteiger charge is -2.43. The van der Waals surface area contributed by atoms with Crippen LogP contribution in [0.2, 0.25) is 11.1 Å². The van der Waals surface area contributed by atoms with E-state index in [9.17, 15) is 0 Å². The van der Waals surface area contributed by atoms with Crippen molar-refractivity contribution in [3.8, 4) is 0 Å². The molecule has 0 bridgehead atoms. The summed E-state index contributed by atoms with van der Waals surface area (Å²) in [6.45, 7) is -1.79. The van der Waals surface area contributed by atoms with E-state index in [1.165, 1.54) is 38.5 Å². The van der Waals surface area contributed by atoms with E-state index in [1.807, 2.05) is 0 Å². The first-order valence-corrected chi connectivity index (χ1v) is 8.77. The van der Waals surface area contributed by atoms with E-state index < -0.39 is 6.69 Å². The van der Waals surface area contributed by atoms with Crippen LogP contribution in [0.3, 0.4) is 0 Å². The van der Waals surface area contributed by atoms with Crippen LogP contribution in [0.15, 0.2) is 0 Å². The number of rotatable bonds is 2. The number of halogens is 2. The maximum atomic E-state index is 6.44. The molecule has 0 amide bonds. The Kier molecular flexibility index (Phi) is 2.24. The second kappa shape index (κ2) is 2.93. The standard InChI is InChI=1S/C8H14Cl2Si/c9-11(10,7-3-1-4-7)8-5-2-6-8/h7-8H,1-6H2. The Balaban J connectivity index is 1.95. The molecule has 2 rings (SSSR count). The molecule has 2 fully saturated rings. The molecule has 3 heteroatoms. The van der Waals surface area contributed by atoms with Crippen molar-refractivity contribution >= 4 is 28.9 Å². The molecule has 0 aromatic carbocycles. The van der Waals surface area contributed by atoms with Gasteiger partial charge >= 0.3 is 0 Å². The Morgan fingerprint density at radius 3 is 1.36 bits per heavy atom. The first-order chi connectivity index (χ1) is 5.21. The highest BCUT2D eigenvalue weighted by Crippen LogP contribution is 2.56. The molecule has 2 aliphatic rings. The first-order valence-electron chi connectivity index (χ1n) is 4.59. The Hall–Kier alpha value is 0.797. The maximum Gasteiger partial charge on any atom is 0.257 e. The molecule has 0 radical (unpaired) electrons. The van der Waals surface area contributed by atoms with Gasteiger partial charge in [0.25, 0.3) is 6.69 Å². The molecule has 0 saturated heterocycles. The zero-order chi connectivity index (χ0) is 7.90. The van der Waals surface area contributed by atoms with Crippen LogP contribution < -0.4 is 0 Å². The summed E-state index contributed by atoms with van der Waals surface area (Å²) in [4.78, 5) is 0. The number of hydrogen-bond donors (Lipinski definition) is 0. The molecular formula is C8H14Cl2Si. The number of hydrogen-bond acceptors (Lipinski definition) is 0. The van der Waals surface area contributed by atoms with E-state index in [0.29, 0.717) is 0 Å². The molecule has 11 heavy (non-hydrogen) atoms. The van der Waals surface area contributed by atoms with Gasteiger partial charge in [0.1, 0.15) is 0 Å². The molecule has 64 valence electrons. The SMILES string of the molecule is Cl[Si](Cl)(C1CCC1)C1CCC1. The van der Waals surface area contributed by atoms with E-state index in [2.05, 4.69) is 0 Å². The lowest BCUT2D eigenvalue weighted by molar-refractivity contribution is 0.447. The zero-order valence-electron chi connectivity index (χ0n) is 6.65. The monoisotopic (exact) mass is 208 g/mol. The van der Waals surface area contributed by atoms with Crippen molar-refractivity contribution in [2.45, 2.75) is 49.6 Å². The van der Waals surface area contributed by atoms with Gasteiger partial charge in [0.15, 0.2) is 0 Å². The van der Waals surface area contributed by atoms with Gasteiger partial charge in [-0.3, -0.25) is 0 Å². The minimum absolute atomic E-state index is 0.746. The second-order valence-corrected chi connectivity index (χ2v) is 11.2. The van der Waals surface area contributed by atoms with Gasteiger partial charge in [-0.1, -0.05) is 38.5 Å². The smallest absolute Gasteiger partial charge is 0.145 e. The molecule has 0 aliphatic heterocycles. The van der Waals surface area contributed by atoms with Crippen LogP contribution >= 0.6 is 22.2 Å². The molecule has 0 atom stereocenters. The van der Waals surface area contributed by atoms with Crippen LogP contribution in [0.25, 0.3) is 0 Å². The summed E-state index contributed by atoms with van der Waals surface area (Å²) in [6.07, 6.45) is 7.99. The largest absolute Gasteiger partial charge is 0.257 e. The third-order valence-electron chi connectivity index (χ3n) is 3.30. The third-order valence-corrected chi connectivity index (χ3v) is 10.3. The quantitative estimate of drug-likeness (QED) is 0.476. The summed E-state index contributed by atoms with van der Waals surface area (Å²) < 4.78 is 0. The summed E-state index contributed by atoms with van der Waals surface area (Å²) in [5.41, 5.74) is 1.49. The fraction of sp³-hybridized carbons (Fsp3) is 1.00. The molecule has 0 aromatic heterocycles. The second-order valence-electron chi connectivity index (χ2n) is 3.93. The van der Waals surface area contributed by atoms with Crippen molar-refractivity contribution in [1.82, 2.24) is 0 Å². The van der Waals surface area contributed by atoms with Crippen molar-refractivity contribution in [3.63, 3.8) is 0 Å². The molecule has 0 heterocycles. The highest BCUT2D eigenvalue weighted by Gasteiger charge is 2.49. The van der Waals surface area contributed by atoms with Gasteiger partial charge in [-0.25, -0.2) is 0 Å². The molecular weight excluding hydrogens is 195 g/mol. The van der Waals surface area contributed by atoms with Crippen LogP contribution in [0.1, 0.15) is 38.5 Å². The van der Waals surface area contributed by atoms with Crippen molar-refractivity contribution in [2.75, 3.05) is 0 Å². The highest BCUT2D eigenvalue weighted by atomic mass is 35.7. The Morgan fingerprint density at radius 1 is 0.818 bits per heavy atom. The van der Waals surface area contributed by atoms with E-state index >= 15 is 0 Å². The molecule has 0 nitrogen and oxygen atoms in total. The summed E-state index contributed by atoms with van der Waals surface area (Å²) in [6, 6.07) is 0. The van der Waals surface area contributed by atoms with Crippen molar-refractivity contribution in [1.29, 1.82) is 0 Å². The lowest BCUT2D eigenvalue weighted by atomic mass is 9.98. The van der Waals surface area contributed by atoms with Crippen molar-refractivity contribution in [3.05, 3.63) is 0 Å². The summed E-state index contributed by atoms with van der Waals surface area (Å²) in [5.74, 6) is 0. The van der Waals surface area contributed by atoms with Gasteiger partial charge in [0.2, 0.25) is 0 Å². The maximum absolute atomic E-state index is 6.44. The van der Waals surface area contributed by atoms with Gasteiger partial charge in [-0.15, -0.1) is 22.2 Å². The van der Waals surface area contributed by atoms with Gasteiger partial charge in [-0.2, -0.15) is 0 Å². The van der Waals surface area contributed by atoms with E-state index in [4.69, 9.17) is 22.2 Å². The van der Waals surface area contributed by atoms with Gasteiger partial charge < -0.3 is 0 Å². The molecule has 0 aromatic rings. The molecule has 0 spiro atoms. The third kappa shape index (κ3) is 1.36. The Labute approximate surface area is 78.7 Å². The van der Waals surface area contributed by atoms with Gasteiger partial charge in [0.05, 0.1) is 0 Å². The Bertz CT molecular complexity index is 134. The first kappa shape index (κ1) is 8.40. The summed E-state index contributed by atoms with van der Waals surface area (Å²) >= 11 is 12.9. The highest BCUT2D eigenvalue weighted by molar-refractivity contribution is 7.46. The zero-order valence-corrected chi connectivity index (χ0v) is 9.17.